The maximum absolute atomic E-state index is 5.96. The zero-order valence-corrected chi connectivity index (χ0v) is 19.4. The first kappa shape index (κ1) is 22.5. The molecule has 0 atom stereocenters. The van der Waals surface area contributed by atoms with E-state index < -0.39 is 0 Å². The first-order valence-corrected chi connectivity index (χ1v) is 10.8. The fourth-order valence-electron chi connectivity index (χ4n) is 2.97. The minimum Gasteiger partial charge on any atom is -0.497 e. The van der Waals surface area contributed by atoms with E-state index in [1.165, 1.54) is 5.56 Å². The summed E-state index contributed by atoms with van der Waals surface area (Å²) in [6.07, 6.45) is 0.945. The lowest BCUT2D eigenvalue weighted by atomic mass is 10.1. The van der Waals surface area contributed by atoms with Crippen LogP contribution in [0.25, 0.3) is 0 Å². The van der Waals surface area contributed by atoms with Gasteiger partial charge in [0.05, 0.1) is 14.2 Å². The van der Waals surface area contributed by atoms with Crippen LogP contribution in [0.2, 0.25) is 5.02 Å². The van der Waals surface area contributed by atoms with Crippen LogP contribution in [0.15, 0.2) is 65.1 Å². The molecule has 0 aromatic heterocycles. The van der Waals surface area contributed by atoms with E-state index >= 15 is 0 Å². The van der Waals surface area contributed by atoms with Gasteiger partial charge in [0.25, 0.3) is 0 Å². The van der Waals surface area contributed by atoms with Crippen molar-refractivity contribution in [2.24, 2.45) is 0 Å². The van der Waals surface area contributed by atoms with Crippen molar-refractivity contribution in [3.05, 3.63) is 86.8 Å². The third-order valence-corrected chi connectivity index (χ3v) is 5.70. The molecule has 0 aliphatic heterocycles. The maximum atomic E-state index is 5.96. The number of benzene rings is 3. The normalized spacial score (nSPS) is 10.7. The second-order valence-corrected chi connectivity index (χ2v) is 8.08. The Labute approximate surface area is 191 Å². The molecule has 0 amide bonds. The van der Waals surface area contributed by atoms with Gasteiger partial charge in [-0.05, 0) is 66.1 Å². The van der Waals surface area contributed by atoms with Crippen LogP contribution in [-0.4, -0.2) is 20.8 Å². The van der Waals surface area contributed by atoms with Crippen molar-refractivity contribution < 1.29 is 14.2 Å². The van der Waals surface area contributed by atoms with E-state index in [2.05, 4.69) is 33.4 Å². The molecule has 3 aromatic rings. The monoisotopic (exact) mass is 489 g/mol. The lowest BCUT2D eigenvalue weighted by Gasteiger charge is -2.15. The molecule has 4 nitrogen and oxygen atoms in total. The molecular weight excluding hydrogens is 466 g/mol. The molecule has 0 aliphatic rings. The van der Waals surface area contributed by atoms with E-state index in [-0.39, 0.29) is 0 Å². The van der Waals surface area contributed by atoms with Gasteiger partial charge in [-0.2, -0.15) is 0 Å². The first-order chi connectivity index (χ1) is 14.6. The Morgan fingerprint density at radius 2 is 1.57 bits per heavy atom. The molecule has 0 bridgehead atoms. The van der Waals surface area contributed by atoms with Crippen LogP contribution in [0.3, 0.4) is 0 Å². The molecule has 0 saturated heterocycles. The van der Waals surface area contributed by atoms with Crippen LogP contribution in [0.5, 0.6) is 17.2 Å². The Morgan fingerprint density at radius 3 is 2.23 bits per heavy atom. The fourth-order valence-corrected chi connectivity index (χ4v) is 3.56. The quantitative estimate of drug-likeness (QED) is 0.352. The third-order valence-electron chi connectivity index (χ3n) is 4.71. The zero-order chi connectivity index (χ0) is 21.3. The average Bonchev–Trinajstić information content (AvgIpc) is 2.77. The molecule has 0 spiro atoms. The molecule has 0 aliphatic carbocycles. The molecule has 30 heavy (non-hydrogen) atoms. The number of methoxy groups -OCH3 is 2. The van der Waals surface area contributed by atoms with Crippen LogP contribution in [0.1, 0.15) is 16.7 Å². The first-order valence-electron chi connectivity index (χ1n) is 9.66. The summed E-state index contributed by atoms with van der Waals surface area (Å²) in [5, 5.41) is 4.19. The van der Waals surface area contributed by atoms with Crippen molar-refractivity contribution in [2.75, 3.05) is 20.8 Å². The van der Waals surface area contributed by atoms with Crippen LogP contribution >= 0.6 is 27.5 Å². The standard InChI is InChI=1S/C24H25BrClNO3/c1-28-21-9-5-17(6-10-21)11-12-27-15-19-13-23(29-2)24(14-22(19)25)30-16-18-3-7-20(26)8-4-18/h3-10,13-14,27H,11-12,15-16H2,1-2H3. The summed E-state index contributed by atoms with van der Waals surface area (Å²) in [4.78, 5) is 0. The summed E-state index contributed by atoms with van der Waals surface area (Å²) < 4.78 is 17.7. The Balaban J connectivity index is 1.55. The Kier molecular flexibility index (Phi) is 8.43. The van der Waals surface area contributed by atoms with E-state index in [0.29, 0.717) is 23.1 Å². The van der Waals surface area contributed by atoms with E-state index in [4.69, 9.17) is 25.8 Å². The minimum atomic E-state index is 0.444. The molecule has 0 unspecified atom stereocenters. The summed E-state index contributed by atoms with van der Waals surface area (Å²) in [5.74, 6) is 2.28. The lowest BCUT2D eigenvalue weighted by molar-refractivity contribution is 0.284. The molecule has 0 heterocycles. The number of hydrogen-bond acceptors (Lipinski definition) is 4. The predicted molar refractivity (Wildman–Crippen MR) is 125 cm³/mol. The second-order valence-electron chi connectivity index (χ2n) is 6.78. The fraction of sp³-hybridized carbons (Fsp3) is 0.250. The highest BCUT2D eigenvalue weighted by Crippen LogP contribution is 2.34. The van der Waals surface area contributed by atoms with E-state index in [0.717, 1.165) is 40.9 Å². The molecule has 3 aromatic carbocycles. The third kappa shape index (κ3) is 6.39. The molecule has 0 radical (unpaired) electrons. The minimum absolute atomic E-state index is 0.444. The SMILES string of the molecule is COc1ccc(CCNCc2cc(OC)c(OCc3ccc(Cl)cc3)cc2Br)cc1. The van der Waals surface area contributed by atoms with Crippen molar-refractivity contribution in [3.63, 3.8) is 0 Å². The van der Waals surface area contributed by atoms with E-state index in [1.807, 2.05) is 48.5 Å². The van der Waals surface area contributed by atoms with Crippen LogP contribution < -0.4 is 19.5 Å². The van der Waals surface area contributed by atoms with Gasteiger partial charge in [-0.25, -0.2) is 0 Å². The smallest absolute Gasteiger partial charge is 0.162 e. The predicted octanol–water partition coefficient (Wildman–Crippen LogP) is 6.03. The van der Waals surface area contributed by atoms with Gasteiger partial charge in [0.15, 0.2) is 11.5 Å². The lowest BCUT2D eigenvalue weighted by Crippen LogP contribution is -2.17. The van der Waals surface area contributed by atoms with Gasteiger partial charge in [0.2, 0.25) is 0 Å². The Morgan fingerprint density at radius 1 is 0.867 bits per heavy atom. The van der Waals surface area contributed by atoms with Gasteiger partial charge in [-0.15, -0.1) is 0 Å². The van der Waals surface area contributed by atoms with Crippen molar-refractivity contribution in [1.29, 1.82) is 0 Å². The summed E-state index contributed by atoms with van der Waals surface area (Å²) in [6.45, 7) is 2.04. The Bertz CT molecular complexity index is 946. The largest absolute Gasteiger partial charge is 0.497 e. The molecule has 3 rings (SSSR count). The molecule has 0 fully saturated rings. The summed E-state index contributed by atoms with van der Waals surface area (Å²) in [6, 6.07) is 19.7. The van der Waals surface area contributed by atoms with Gasteiger partial charge in [-0.3, -0.25) is 0 Å². The number of ether oxygens (including phenoxy) is 3. The van der Waals surface area contributed by atoms with Crippen molar-refractivity contribution in [2.45, 2.75) is 19.6 Å². The van der Waals surface area contributed by atoms with Crippen molar-refractivity contribution in [3.8, 4) is 17.2 Å². The van der Waals surface area contributed by atoms with E-state index in [9.17, 15) is 0 Å². The van der Waals surface area contributed by atoms with Crippen LogP contribution in [0.4, 0.5) is 0 Å². The van der Waals surface area contributed by atoms with Crippen LogP contribution in [0, 0.1) is 0 Å². The van der Waals surface area contributed by atoms with Crippen LogP contribution in [-0.2, 0) is 19.6 Å². The zero-order valence-electron chi connectivity index (χ0n) is 17.1. The van der Waals surface area contributed by atoms with Gasteiger partial charge in [-0.1, -0.05) is 51.8 Å². The Hall–Kier alpha value is -2.21. The maximum Gasteiger partial charge on any atom is 0.162 e. The highest BCUT2D eigenvalue weighted by Gasteiger charge is 2.11. The number of halogens is 2. The topological polar surface area (TPSA) is 39.7 Å². The molecule has 0 saturated carbocycles. The van der Waals surface area contributed by atoms with Gasteiger partial charge >= 0.3 is 0 Å². The molecule has 6 heteroatoms. The highest BCUT2D eigenvalue weighted by molar-refractivity contribution is 9.10. The molecule has 1 N–H and O–H groups in total. The summed E-state index contributed by atoms with van der Waals surface area (Å²) >= 11 is 9.59. The summed E-state index contributed by atoms with van der Waals surface area (Å²) in [7, 11) is 3.33. The highest BCUT2D eigenvalue weighted by atomic mass is 79.9. The van der Waals surface area contributed by atoms with Crippen molar-refractivity contribution in [1.82, 2.24) is 5.32 Å². The number of rotatable bonds is 10. The van der Waals surface area contributed by atoms with Gasteiger partial charge in [0, 0.05) is 16.0 Å². The van der Waals surface area contributed by atoms with Gasteiger partial charge in [0.1, 0.15) is 12.4 Å². The number of hydrogen-bond donors (Lipinski definition) is 1. The van der Waals surface area contributed by atoms with Gasteiger partial charge < -0.3 is 19.5 Å². The van der Waals surface area contributed by atoms with E-state index in [1.54, 1.807) is 14.2 Å². The van der Waals surface area contributed by atoms with Crippen molar-refractivity contribution >= 4 is 27.5 Å². The summed E-state index contributed by atoms with van der Waals surface area (Å²) in [5.41, 5.74) is 3.42. The number of nitrogens with one attached hydrogen (secondary N) is 1. The second kappa shape index (κ2) is 11.3. The average molecular weight is 491 g/mol. The molecule has 158 valence electrons. The molecular formula is C24H25BrClNO3.